The predicted molar refractivity (Wildman–Crippen MR) is 107 cm³/mol. The Morgan fingerprint density at radius 1 is 1.22 bits per heavy atom. The highest BCUT2D eigenvalue weighted by atomic mass is 16.5. The van der Waals surface area contributed by atoms with Crippen LogP contribution in [0.3, 0.4) is 0 Å². The Kier molecular flexibility index (Phi) is 10.4. The second-order valence-corrected chi connectivity index (χ2v) is 6.28. The molecule has 0 aromatic heterocycles. The fourth-order valence-electron chi connectivity index (χ4n) is 2.65. The Morgan fingerprint density at radius 3 is 2.89 bits per heavy atom. The summed E-state index contributed by atoms with van der Waals surface area (Å²) in [6.45, 7) is 7.35. The average molecular weight is 380 g/mol. The second kappa shape index (κ2) is 13.2. The van der Waals surface area contributed by atoms with Crippen LogP contribution in [0.5, 0.6) is 11.5 Å². The number of ether oxygens (including phenoxy) is 4. The van der Waals surface area contributed by atoms with E-state index >= 15 is 0 Å². The van der Waals surface area contributed by atoms with Gasteiger partial charge in [-0.2, -0.15) is 0 Å². The summed E-state index contributed by atoms with van der Waals surface area (Å²) in [6, 6.07) is 7.63. The zero-order valence-corrected chi connectivity index (χ0v) is 16.5. The smallest absolute Gasteiger partial charge is 0.191 e. The molecule has 7 nitrogen and oxygen atoms in total. The largest absolute Gasteiger partial charge is 0.497 e. The molecule has 2 rings (SSSR count). The van der Waals surface area contributed by atoms with Crippen molar-refractivity contribution >= 4 is 5.96 Å². The molecule has 1 atom stereocenters. The zero-order valence-electron chi connectivity index (χ0n) is 16.5. The number of hydrogen-bond acceptors (Lipinski definition) is 5. The van der Waals surface area contributed by atoms with Gasteiger partial charge in [-0.15, -0.1) is 0 Å². The van der Waals surface area contributed by atoms with E-state index in [1.807, 2.05) is 24.3 Å². The molecule has 0 saturated carbocycles. The van der Waals surface area contributed by atoms with Crippen molar-refractivity contribution in [3.63, 3.8) is 0 Å². The molecule has 152 valence electrons. The van der Waals surface area contributed by atoms with Crippen LogP contribution in [0.15, 0.2) is 29.3 Å². The van der Waals surface area contributed by atoms with Gasteiger partial charge in [0.1, 0.15) is 11.5 Å². The molecule has 0 radical (unpaired) electrons. The number of hydrogen-bond donors (Lipinski definition) is 2. The van der Waals surface area contributed by atoms with Gasteiger partial charge in [0.05, 0.1) is 26.4 Å². The molecule has 0 amide bonds. The molecule has 2 N–H and O–H groups in total. The van der Waals surface area contributed by atoms with Crippen LogP contribution in [0.25, 0.3) is 0 Å². The fraction of sp³-hybridized carbons (Fsp3) is 0.650. The molecule has 1 aromatic carbocycles. The molecule has 1 saturated heterocycles. The van der Waals surface area contributed by atoms with Gasteiger partial charge in [0.15, 0.2) is 5.96 Å². The molecular weight excluding hydrogens is 346 g/mol. The van der Waals surface area contributed by atoms with Crippen molar-refractivity contribution in [3.8, 4) is 11.5 Å². The van der Waals surface area contributed by atoms with Crippen molar-refractivity contribution in [2.24, 2.45) is 4.99 Å². The van der Waals surface area contributed by atoms with E-state index in [2.05, 4.69) is 22.5 Å². The van der Waals surface area contributed by atoms with E-state index in [1.54, 1.807) is 7.11 Å². The minimum Gasteiger partial charge on any atom is -0.497 e. The summed E-state index contributed by atoms with van der Waals surface area (Å²) in [6.07, 6.45) is 3.07. The summed E-state index contributed by atoms with van der Waals surface area (Å²) >= 11 is 0. The minimum absolute atomic E-state index is 0.275. The van der Waals surface area contributed by atoms with E-state index in [4.69, 9.17) is 18.9 Å². The quantitative estimate of drug-likeness (QED) is 0.330. The summed E-state index contributed by atoms with van der Waals surface area (Å²) in [5.74, 6) is 2.45. The van der Waals surface area contributed by atoms with Crippen LogP contribution in [0, 0.1) is 0 Å². The molecule has 1 unspecified atom stereocenters. The van der Waals surface area contributed by atoms with Crippen molar-refractivity contribution in [2.45, 2.75) is 32.3 Å². The van der Waals surface area contributed by atoms with Gasteiger partial charge in [0, 0.05) is 45.3 Å². The number of methoxy groups -OCH3 is 1. The first-order chi connectivity index (χ1) is 13.3. The Bertz CT molecular complexity index is 548. The first kappa shape index (κ1) is 21.3. The number of benzene rings is 1. The van der Waals surface area contributed by atoms with E-state index < -0.39 is 0 Å². The van der Waals surface area contributed by atoms with Crippen LogP contribution in [0.4, 0.5) is 0 Å². The Labute approximate surface area is 162 Å². The van der Waals surface area contributed by atoms with Crippen molar-refractivity contribution in [2.75, 3.05) is 53.2 Å². The highest BCUT2D eigenvalue weighted by Crippen LogP contribution is 2.18. The maximum Gasteiger partial charge on any atom is 0.191 e. The summed E-state index contributed by atoms with van der Waals surface area (Å²) in [5.41, 5.74) is 0. The number of guanidine groups is 1. The monoisotopic (exact) mass is 379 g/mol. The van der Waals surface area contributed by atoms with Crippen LogP contribution in [0.1, 0.15) is 26.2 Å². The molecule has 1 aromatic rings. The van der Waals surface area contributed by atoms with E-state index in [1.165, 1.54) is 0 Å². The van der Waals surface area contributed by atoms with E-state index in [-0.39, 0.29) is 6.10 Å². The van der Waals surface area contributed by atoms with E-state index in [0.29, 0.717) is 13.2 Å². The highest BCUT2D eigenvalue weighted by molar-refractivity contribution is 5.79. The standard InChI is InChI=1S/C20H33N3O4/c1-3-21-20(23-11-6-13-27-19-9-14-25-16-19)22-10-5-12-26-18-8-4-7-17(15-18)24-2/h4,7-8,15,19H,3,5-6,9-14,16H2,1-2H3,(H2,21,22,23). The summed E-state index contributed by atoms with van der Waals surface area (Å²) in [4.78, 5) is 4.58. The van der Waals surface area contributed by atoms with Gasteiger partial charge in [-0.05, 0) is 31.9 Å². The molecule has 1 aliphatic rings. The summed E-state index contributed by atoms with van der Waals surface area (Å²) in [7, 11) is 1.65. The molecule has 27 heavy (non-hydrogen) atoms. The lowest BCUT2D eigenvalue weighted by molar-refractivity contribution is 0.0420. The van der Waals surface area contributed by atoms with Crippen molar-refractivity contribution in [1.29, 1.82) is 0 Å². The van der Waals surface area contributed by atoms with Gasteiger partial charge in [0.2, 0.25) is 0 Å². The lowest BCUT2D eigenvalue weighted by Gasteiger charge is -2.13. The molecule has 1 aliphatic heterocycles. The fourth-order valence-corrected chi connectivity index (χ4v) is 2.65. The third-order valence-corrected chi connectivity index (χ3v) is 4.08. The molecule has 0 spiro atoms. The lowest BCUT2D eigenvalue weighted by Crippen LogP contribution is -2.38. The Morgan fingerprint density at radius 2 is 2.11 bits per heavy atom. The third-order valence-electron chi connectivity index (χ3n) is 4.08. The van der Waals surface area contributed by atoms with Gasteiger partial charge in [-0.3, -0.25) is 4.99 Å². The highest BCUT2D eigenvalue weighted by Gasteiger charge is 2.15. The van der Waals surface area contributed by atoms with Crippen LogP contribution < -0.4 is 20.1 Å². The lowest BCUT2D eigenvalue weighted by atomic mass is 10.3. The first-order valence-corrected chi connectivity index (χ1v) is 9.80. The third kappa shape index (κ3) is 8.97. The van der Waals surface area contributed by atoms with Gasteiger partial charge < -0.3 is 29.6 Å². The normalized spacial score (nSPS) is 17.0. The Balaban J connectivity index is 1.57. The van der Waals surface area contributed by atoms with Crippen LogP contribution >= 0.6 is 0 Å². The molecule has 0 bridgehead atoms. The van der Waals surface area contributed by atoms with Crippen molar-refractivity contribution < 1.29 is 18.9 Å². The topological polar surface area (TPSA) is 73.3 Å². The molecular formula is C20H33N3O4. The molecule has 1 fully saturated rings. The molecule has 7 heteroatoms. The zero-order chi connectivity index (χ0) is 19.2. The maximum absolute atomic E-state index is 5.77. The number of rotatable bonds is 12. The summed E-state index contributed by atoms with van der Waals surface area (Å²) in [5, 5.41) is 6.60. The van der Waals surface area contributed by atoms with Crippen molar-refractivity contribution in [1.82, 2.24) is 10.6 Å². The van der Waals surface area contributed by atoms with Crippen molar-refractivity contribution in [3.05, 3.63) is 24.3 Å². The SMILES string of the molecule is CCNC(=NCCCOc1cccc(OC)c1)NCCCOC1CCOC1. The number of nitrogens with zero attached hydrogens (tertiary/aromatic N) is 1. The summed E-state index contributed by atoms with van der Waals surface area (Å²) < 4.78 is 22.0. The minimum atomic E-state index is 0.275. The molecule has 0 aliphatic carbocycles. The second-order valence-electron chi connectivity index (χ2n) is 6.28. The predicted octanol–water partition coefficient (Wildman–Crippen LogP) is 2.21. The van der Waals surface area contributed by atoms with Gasteiger partial charge >= 0.3 is 0 Å². The average Bonchev–Trinajstić information content (AvgIpc) is 3.21. The van der Waals surface area contributed by atoms with Gasteiger partial charge in [-0.1, -0.05) is 6.07 Å². The Hall–Kier alpha value is -1.99. The van der Waals surface area contributed by atoms with Gasteiger partial charge in [0.25, 0.3) is 0 Å². The van der Waals surface area contributed by atoms with E-state index in [9.17, 15) is 0 Å². The maximum atomic E-state index is 5.77. The van der Waals surface area contributed by atoms with E-state index in [0.717, 1.165) is 69.6 Å². The number of nitrogens with one attached hydrogen (secondary N) is 2. The molecule has 1 heterocycles. The number of aliphatic imine (C=N–C) groups is 1. The van der Waals surface area contributed by atoms with Crippen LogP contribution in [0.2, 0.25) is 0 Å². The van der Waals surface area contributed by atoms with Gasteiger partial charge in [-0.25, -0.2) is 0 Å². The van der Waals surface area contributed by atoms with Crippen LogP contribution in [-0.2, 0) is 9.47 Å². The first-order valence-electron chi connectivity index (χ1n) is 9.80. The van der Waals surface area contributed by atoms with Crippen LogP contribution in [-0.4, -0.2) is 65.2 Å².